The molecule has 0 amide bonds. The van der Waals surface area contributed by atoms with E-state index in [9.17, 15) is 4.79 Å². The second-order valence-corrected chi connectivity index (χ2v) is 7.48. The summed E-state index contributed by atoms with van der Waals surface area (Å²) < 4.78 is 6.96. The summed E-state index contributed by atoms with van der Waals surface area (Å²) in [4.78, 5) is 12.7. The minimum Gasteiger partial charge on any atom is -0.497 e. The molecular weight excluding hydrogens is 370 g/mol. The van der Waals surface area contributed by atoms with Gasteiger partial charge in [0.1, 0.15) is 12.1 Å². The van der Waals surface area contributed by atoms with E-state index < -0.39 is 0 Å². The lowest BCUT2D eigenvalue weighted by molar-refractivity contribution is 0.0994. The minimum absolute atomic E-state index is 0.0224. The highest BCUT2D eigenvalue weighted by atomic mass is 35.5. The summed E-state index contributed by atoms with van der Waals surface area (Å²) in [7, 11) is 1.60. The minimum atomic E-state index is -0.313. The van der Waals surface area contributed by atoms with Gasteiger partial charge in [0.15, 0.2) is 10.9 Å². The van der Waals surface area contributed by atoms with Crippen LogP contribution in [-0.2, 0) is 0 Å². The summed E-state index contributed by atoms with van der Waals surface area (Å²) in [5.41, 5.74) is 2.49. The van der Waals surface area contributed by atoms with Gasteiger partial charge in [-0.15, -0.1) is 10.2 Å². The Hall–Kier alpha value is -2.31. The van der Waals surface area contributed by atoms with E-state index in [1.54, 1.807) is 37.7 Å². The maximum absolute atomic E-state index is 12.7. The molecule has 3 aromatic rings. The quantitative estimate of drug-likeness (QED) is 0.457. The Labute approximate surface area is 161 Å². The zero-order valence-corrected chi connectivity index (χ0v) is 16.2. The maximum Gasteiger partial charge on any atom is 0.196 e. The number of aromatic nitrogens is 3. The number of hydrogen-bond donors (Lipinski definition) is 0. The number of thioether (sulfide) groups is 1. The van der Waals surface area contributed by atoms with Gasteiger partial charge in [-0.2, -0.15) is 0 Å². The topological polar surface area (TPSA) is 57.0 Å². The maximum atomic E-state index is 12.7. The van der Waals surface area contributed by atoms with Crippen molar-refractivity contribution in [3.8, 4) is 11.4 Å². The first kappa shape index (κ1) is 18.5. The molecule has 0 N–H and O–H groups in total. The van der Waals surface area contributed by atoms with E-state index in [0.717, 1.165) is 17.0 Å². The predicted molar refractivity (Wildman–Crippen MR) is 104 cm³/mol. The Morgan fingerprint density at radius 1 is 1.23 bits per heavy atom. The van der Waals surface area contributed by atoms with Crippen LogP contribution in [0, 0.1) is 6.92 Å². The van der Waals surface area contributed by atoms with Crippen LogP contribution < -0.4 is 4.74 Å². The van der Waals surface area contributed by atoms with Crippen molar-refractivity contribution in [1.82, 2.24) is 14.8 Å². The molecule has 26 heavy (non-hydrogen) atoms. The van der Waals surface area contributed by atoms with E-state index in [-0.39, 0.29) is 11.0 Å². The zero-order valence-electron chi connectivity index (χ0n) is 14.6. The van der Waals surface area contributed by atoms with Gasteiger partial charge in [-0.3, -0.25) is 9.36 Å². The van der Waals surface area contributed by atoms with Crippen LogP contribution in [-0.4, -0.2) is 32.9 Å². The van der Waals surface area contributed by atoms with Crippen molar-refractivity contribution in [1.29, 1.82) is 0 Å². The second-order valence-electron chi connectivity index (χ2n) is 5.77. The lowest BCUT2D eigenvalue weighted by atomic mass is 10.1. The number of aryl methyl sites for hydroxylation is 1. The van der Waals surface area contributed by atoms with Gasteiger partial charge in [-0.1, -0.05) is 29.4 Å². The number of carbonyl (C=O) groups excluding carboxylic acids is 1. The lowest BCUT2D eigenvalue weighted by Gasteiger charge is -2.12. The molecule has 1 atom stereocenters. The van der Waals surface area contributed by atoms with Crippen molar-refractivity contribution in [3.63, 3.8) is 0 Å². The van der Waals surface area contributed by atoms with Crippen LogP contribution in [0.5, 0.6) is 5.75 Å². The number of ether oxygens (including phenoxy) is 1. The Balaban J connectivity index is 1.79. The number of methoxy groups -OCH3 is 1. The van der Waals surface area contributed by atoms with Crippen molar-refractivity contribution >= 4 is 29.1 Å². The molecule has 0 fully saturated rings. The lowest BCUT2D eigenvalue weighted by Crippen LogP contribution is -2.14. The van der Waals surface area contributed by atoms with Crippen molar-refractivity contribution in [2.75, 3.05) is 7.11 Å². The SMILES string of the molecule is COc1ccc(C(=O)C(C)Sc2nncn2-c2ccc(C)c(Cl)c2)cc1. The first-order valence-electron chi connectivity index (χ1n) is 8.01. The Morgan fingerprint density at radius 2 is 1.96 bits per heavy atom. The summed E-state index contributed by atoms with van der Waals surface area (Å²) in [5.74, 6) is 0.743. The highest BCUT2D eigenvalue weighted by molar-refractivity contribution is 8.00. The Kier molecular flexibility index (Phi) is 5.64. The first-order chi connectivity index (χ1) is 12.5. The van der Waals surface area contributed by atoms with Gasteiger partial charge < -0.3 is 4.74 Å². The molecule has 0 spiro atoms. The molecular formula is C19H18ClN3O2S. The second kappa shape index (κ2) is 7.93. The molecule has 3 rings (SSSR count). The summed E-state index contributed by atoms with van der Waals surface area (Å²) in [5, 5.41) is 9.13. The highest BCUT2D eigenvalue weighted by Crippen LogP contribution is 2.28. The van der Waals surface area contributed by atoms with Crippen molar-refractivity contribution in [3.05, 3.63) is 64.9 Å². The van der Waals surface area contributed by atoms with Gasteiger partial charge in [-0.05, 0) is 55.8 Å². The third-order valence-electron chi connectivity index (χ3n) is 3.98. The smallest absolute Gasteiger partial charge is 0.196 e. The normalized spacial score (nSPS) is 12.0. The van der Waals surface area contributed by atoms with Gasteiger partial charge in [0.05, 0.1) is 18.0 Å². The molecule has 0 saturated heterocycles. The number of nitrogens with zero attached hydrogens (tertiary/aromatic N) is 3. The van der Waals surface area contributed by atoms with Gasteiger partial charge >= 0.3 is 0 Å². The third-order valence-corrected chi connectivity index (χ3v) is 5.44. The Bertz CT molecular complexity index is 925. The molecule has 134 valence electrons. The predicted octanol–water partition coefficient (Wildman–Crippen LogP) is 4.60. The van der Waals surface area contributed by atoms with Crippen LogP contribution in [0.1, 0.15) is 22.8 Å². The molecule has 0 saturated carbocycles. The molecule has 1 heterocycles. The van der Waals surface area contributed by atoms with Gasteiger partial charge in [0.2, 0.25) is 0 Å². The number of halogens is 1. The van der Waals surface area contributed by atoms with Crippen LogP contribution in [0.3, 0.4) is 0 Å². The van der Waals surface area contributed by atoms with Crippen LogP contribution >= 0.6 is 23.4 Å². The van der Waals surface area contributed by atoms with Crippen LogP contribution in [0.2, 0.25) is 5.02 Å². The molecule has 1 aromatic heterocycles. The highest BCUT2D eigenvalue weighted by Gasteiger charge is 2.20. The number of Topliss-reactive ketones (excluding diaryl/α,β-unsaturated/α-hetero) is 1. The van der Waals surface area contributed by atoms with Gasteiger partial charge in [0, 0.05) is 10.6 Å². The monoisotopic (exact) mass is 387 g/mol. The molecule has 0 radical (unpaired) electrons. The van der Waals surface area contributed by atoms with E-state index in [0.29, 0.717) is 15.7 Å². The Morgan fingerprint density at radius 3 is 2.62 bits per heavy atom. The number of benzene rings is 2. The van der Waals surface area contributed by atoms with E-state index >= 15 is 0 Å². The number of hydrogen-bond acceptors (Lipinski definition) is 5. The number of rotatable bonds is 6. The molecule has 5 nitrogen and oxygen atoms in total. The third kappa shape index (κ3) is 3.92. The van der Waals surface area contributed by atoms with E-state index in [2.05, 4.69) is 10.2 Å². The summed E-state index contributed by atoms with van der Waals surface area (Å²) in [6.07, 6.45) is 1.62. The fourth-order valence-corrected chi connectivity index (χ4v) is 3.51. The molecule has 0 aliphatic rings. The molecule has 7 heteroatoms. The summed E-state index contributed by atoms with van der Waals surface area (Å²) >= 11 is 7.58. The van der Waals surface area contributed by atoms with Crippen molar-refractivity contribution in [2.24, 2.45) is 0 Å². The molecule has 0 bridgehead atoms. The van der Waals surface area contributed by atoms with Crippen molar-refractivity contribution in [2.45, 2.75) is 24.3 Å². The molecule has 2 aromatic carbocycles. The van der Waals surface area contributed by atoms with E-state index in [1.807, 2.05) is 36.6 Å². The van der Waals surface area contributed by atoms with Gasteiger partial charge in [0.25, 0.3) is 0 Å². The van der Waals surface area contributed by atoms with Gasteiger partial charge in [-0.25, -0.2) is 0 Å². The van der Waals surface area contributed by atoms with E-state index in [4.69, 9.17) is 16.3 Å². The van der Waals surface area contributed by atoms with E-state index in [1.165, 1.54) is 11.8 Å². The van der Waals surface area contributed by atoms with Crippen LogP contribution in [0.15, 0.2) is 53.9 Å². The molecule has 0 aliphatic heterocycles. The largest absolute Gasteiger partial charge is 0.497 e. The number of ketones is 1. The average molecular weight is 388 g/mol. The number of carbonyl (C=O) groups is 1. The van der Waals surface area contributed by atoms with Crippen LogP contribution in [0.25, 0.3) is 5.69 Å². The van der Waals surface area contributed by atoms with Crippen LogP contribution in [0.4, 0.5) is 0 Å². The standard InChI is InChI=1S/C19H18ClN3O2S/c1-12-4-7-15(10-17(12)20)23-11-21-22-19(23)26-13(2)18(24)14-5-8-16(25-3)9-6-14/h4-11,13H,1-3H3. The summed E-state index contributed by atoms with van der Waals surface area (Å²) in [6.45, 7) is 3.81. The molecule has 1 unspecified atom stereocenters. The molecule has 0 aliphatic carbocycles. The zero-order chi connectivity index (χ0) is 18.7. The van der Waals surface area contributed by atoms with Crippen molar-refractivity contribution < 1.29 is 9.53 Å². The average Bonchev–Trinajstić information content (AvgIpc) is 3.11. The first-order valence-corrected chi connectivity index (χ1v) is 9.27. The summed E-state index contributed by atoms with van der Waals surface area (Å²) in [6, 6.07) is 12.8. The fraction of sp³-hybridized carbons (Fsp3) is 0.211. The fourth-order valence-electron chi connectivity index (χ4n) is 2.42.